The molecule has 3 N–H and O–H groups in total. The number of rotatable bonds is 4. The van der Waals surface area contributed by atoms with Crippen LogP contribution in [0.5, 0.6) is 0 Å². The van der Waals surface area contributed by atoms with Gasteiger partial charge in [-0.3, -0.25) is 0 Å². The quantitative estimate of drug-likeness (QED) is 0.872. The molecule has 1 aromatic rings. The van der Waals surface area contributed by atoms with Gasteiger partial charge in [-0.2, -0.15) is 0 Å². The van der Waals surface area contributed by atoms with Gasteiger partial charge in [-0.1, -0.05) is 32.9 Å². The van der Waals surface area contributed by atoms with Crippen molar-refractivity contribution < 1.29 is 5.11 Å². The monoisotopic (exact) mass is 263 g/mol. The fraction of sp³-hybridized carbons (Fsp3) is 0.647. The summed E-state index contributed by atoms with van der Waals surface area (Å²) in [4.78, 5) is 0. The van der Waals surface area contributed by atoms with Crippen molar-refractivity contribution in [2.75, 3.05) is 6.61 Å². The minimum Gasteiger partial charge on any atom is -0.396 e. The van der Waals surface area contributed by atoms with Gasteiger partial charge in [-0.15, -0.1) is 0 Å². The van der Waals surface area contributed by atoms with Crippen LogP contribution in [0, 0.1) is 13.8 Å². The van der Waals surface area contributed by atoms with Gasteiger partial charge in [0.1, 0.15) is 0 Å². The number of hydrogen-bond donors (Lipinski definition) is 2. The van der Waals surface area contributed by atoms with Crippen molar-refractivity contribution in [1.29, 1.82) is 0 Å². The maximum atomic E-state index is 9.01. The van der Waals surface area contributed by atoms with E-state index in [0.717, 1.165) is 12.8 Å². The van der Waals surface area contributed by atoms with Crippen molar-refractivity contribution in [2.24, 2.45) is 5.73 Å². The molecular weight excluding hydrogens is 234 g/mol. The van der Waals surface area contributed by atoms with Crippen LogP contribution in [0.15, 0.2) is 12.1 Å². The van der Waals surface area contributed by atoms with Crippen LogP contribution < -0.4 is 5.73 Å². The molecule has 19 heavy (non-hydrogen) atoms. The zero-order chi connectivity index (χ0) is 14.8. The van der Waals surface area contributed by atoms with Gasteiger partial charge in [0.15, 0.2) is 0 Å². The third kappa shape index (κ3) is 3.80. The first kappa shape index (κ1) is 16.2. The standard InChI is InChI=1S/C17H29NO/c1-12-10-14(16(3,4)5)11-13(2)15(12)17(6,18)8-7-9-19/h10-11,19H,7-9,18H2,1-6H3. The van der Waals surface area contributed by atoms with Crippen LogP contribution >= 0.6 is 0 Å². The molecule has 0 fully saturated rings. The van der Waals surface area contributed by atoms with Gasteiger partial charge in [-0.25, -0.2) is 0 Å². The first-order valence-electron chi connectivity index (χ1n) is 7.11. The van der Waals surface area contributed by atoms with E-state index in [9.17, 15) is 0 Å². The molecule has 0 aliphatic heterocycles. The summed E-state index contributed by atoms with van der Waals surface area (Å²) in [5.41, 5.74) is 11.4. The van der Waals surface area contributed by atoms with Gasteiger partial charge < -0.3 is 10.8 Å². The van der Waals surface area contributed by atoms with E-state index in [-0.39, 0.29) is 17.6 Å². The highest BCUT2D eigenvalue weighted by molar-refractivity contribution is 5.44. The predicted octanol–water partition coefficient (Wildman–Crippen LogP) is 3.55. The highest BCUT2D eigenvalue weighted by atomic mass is 16.2. The number of benzene rings is 1. The molecule has 2 heteroatoms. The Hall–Kier alpha value is -0.860. The second kappa shape index (κ2) is 5.64. The van der Waals surface area contributed by atoms with Crippen molar-refractivity contribution in [3.63, 3.8) is 0 Å². The Morgan fingerprint density at radius 2 is 1.53 bits per heavy atom. The summed E-state index contributed by atoms with van der Waals surface area (Å²) >= 11 is 0. The van der Waals surface area contributed by atoms with E-state index in [4.69, 9.17) is 10.8 Å². The highest BCUT2D eigenvalue weighted by Gasteiger charge is 2.26. The lowest BCUT2D eigenvalue weighted by molar-refractivity contribution is 0.265. The molecule has 1 atom stereocenters. The molecule has 0 heterocycles. The molecule has 0 saturated carbocycles. The molecule has 0 radical (unpaired) electrons. The van der Waals surface area contributed by atoms with E-state index < -0.39 is 0 Å². The second-order valence-electron chi connectivity index (χ2n) is 6.98. The van der Waals surface area contributed by atoms with E-state index in [0.29, 0.717) is 0 Å². The molecule has 1 rings (SSSR count). The topological polar surface area (TPSA) is 46.2 Å². The van der Waals surface area contributed by atoms with Gasteiger partial charge in [0.05, 0.1) is 0 Å². The maximum Gasteiger partial charge on any atom is 0.0431 e. The predicted molar refractivity (Wildman–Crippen MR) is 82.5 cm³/mol. The van der Waals surface area contributed by atoms with Gasteiger partial charge in [0, 0.05) is 12.1 Å². The fourth-order valence-corrected chi connectivity index (χ4v) is 2.87. The summed E-state index contributed by atoms with van der Waals surface area (Å²) in [6.07, 6.45) is 1.55. The average molecular weight is 263 g/mol. The summed E-state index contributed by atoms with van der Waals surface area (Å²) in [6, 6.07) is 4.51. The Bertz CT molecular complexity index is 418. The van der Waals surface area contributed by atoms with E-state index in [2.05, 4.69) is 53.7 Å². The van der Waals surface area contributed by atoms with E-state index in [1.165, 1.54) is 22.3 Å². The van der Waals surface area contributed by atoms with Crippen LogP contribution in [0.1, 0.15) is 62.8 Å². The van der Waals surface area contributed by atoms with E-state index in [1.54, 1.807) is 0 Å². The molecule has 0 aromatic heterocycles. The minimum atomic E-state index is -0.368. The Morgan fingerprint density at radius 3 is 1.89 bits per heavy atom. The fourth-order valence-electron chi connectivity index (χ4n) is 2.87. The molecule has 0 bridgehead atoms. The minimum absolute atomic E-state index is 0.157. The zero-order valence-electron chi connectivity index (χ0n) is 13.3. The van der Waals surface area contributed by atoms with Crippen LogP contribution in [0.4, 0.5) is 0 Å². The summed E-state index contributed by atoms with van der Waals surface area (Å²) in [7, 11) is 0. The number of aliphatic hydroxyl groups is 1. The molecule has 0 saturated heterocycles. The average Bonchev–Trinajstić information content (AvgIpc) is 2.23. The van der Waals surface area contributed by atoms with Crippen molar-refractivity contribution in [1.82, 2.24) is 0 Å². The molecule has 108 valence electrons. The number of aryl methyl sites for hydroxylation is 2. The second-order valence-corrected chi connectivity index (χ2v) is 6.98. The summed E-state index contributed by atoms with van der Waals surface area (Å²) in [6.45, 7) is 13.2. The first-order valence-corrected chi connectivity index (χ1v) is 7.11. The van der Waals surface area contributed by atoms with Crippen LogP contribution in [-0.4, -0.2) is 11.7 Å². The number of nitrogens with two attached hydrogens (primary N) is 1. The lowest BCUT2D eigenvalue weighted by Gasteiger charge is -2.31. The third-order valence-corrected chi connectivity index (χ3v) is 3.82. The van der Waals surface area contributed by atoms with Crippen LogP contribution in [-0.2, 0) is 11.0 Å². The molecule has 2 nitrogen and oxygen atoms in total. The van der Waals surface area contributed by atoms with E-state index >= 15 is 0 Å². The lowest BCUT2D eigenvalue weighted by Crippen LogP contribution is -2.35. The van der Waals surface area contributed by atoms with Crippen molar-refractivity contribution >= 4 is 0 Å². The van der Waals surface area contributed by atoms with Gasteiger partial charge in [-0.05, 0) is 61.3 Å². The summed E-state index contributed by atoms with van der Waals surface area (Å²) in [5, 5.41) is 9.01. The lowest BCUT2D eigenvalue weighted by atomic mass is 9.78. The van der Waals surface area contributed by atoms with Crippen molar-refractivity contribution in [3.8, 4) is 0 Å². The van der Waals surface area contributed by atoms with Crippen molar-refractivity contribution in [2.45, 2.75) is 65.3 Å². The van der Waals surface area contributed by atoms with E-state index in [1.807, 2.05) is 0 Å². The molecule has 1 aromatic carbocycles. The highest BCUT2D eigenvalue weighted by Crippen LogP contribution is 2.33. The van der Waals surface area contributed by atoms with Gasteiger partial charge in [0.25, 0.3) is 0 Å². The first-order chi connectivity index (χ1) is 8.59. The Labute approximate surface area is 118 Å². The molecule has 0 aliphatic carbocycles. The third-order valence-electron chi connectivity index (χ3n) is 3.82. The number of hydrogen-bond acceptors (Lipinski definition) is 2. The van der Waals surface area contributed by atoms with Gasteiger partial charge in [0.2, 0.25) is 0 Å². The molecule has 0 spiro atoms. The maximum absolute atomic E-state index is 9.01. The van der Waals surface area contributed by atoms with Crippen LogP contribution in [0.2, 0.25) is 0 Å². The normalized spacial score (nSPS) is 15.4. The summed E-state index contributed by atoms with van der Waals surface area (Å²) < 4.78 is 0. The molecule has 0 aliphatic rings. The smallest absolute Gasteiger partial charge is 0.0431 e. The molecular formula is C17H29NO. The van der Waals surface area contributed by atoms with Gasteiger partial charge >= 0.3 is 0 Å². The number of aliphatic hydroxyl groups excluding tert-OH is 1. The van der Waals surface area contributed by atoms with Crippen LogP contribution in [0.3, 0.4) is 0 Å². The summed E-state index contributed by atoms with van der Waals surface area (Å²) in [5.74, 6) is 0. The zero-order valence-corrected chi connectivity index (χ0v) is 13.3. The van der Waals surface area contributed by atoms with Crippen molar-refractivity contribution in [3.05, 3.63) is 34.4 Å². The van der Waals surface area contributed by atoms with Crippen LogP contribution in [0.25, 0.3) is 0 Å². The Kier molecular flexibility index (Phi) is 4.81. The largest absolute Gasteiger partial charge is 0.396 e. The SMILES string of the molecule is Cc1cc(C(C)(C)C)cc(C)c1C(C)(N)CCCO. The molecule has 0 amide bonds. The molecule has 1 unspecified atom stereocenters. The Balaban J connectivity index is 3.24. The Morgan fingerprint density at radius 1 is 1.05 bits per heavy atom.